The predicted octanol–water partition coefficient (Wildman–Crippen LogP) is 0.458. The topological polar surface area (TPSA) is 89.7 Å². The number of ether oxygens (including phenoxy) is 1. The van der Waals surface area contributed by atoms with Gasteiger partial charge >= 0.3 is 5.97 Å². The number of nitrogens with zero attached hydrogens (tertiary/aromatic N) is 5. The molecule has 0 aliphatic heterocycles. The second-order valence-corrected chi connectivity index (χ2v) is 4.52. The van der Waals surface area contributed by atoms with E-state index in [1.807, 2.05) is 6.92 Å². The summed E-state index contributed by atoms with van der Waals surface area (Å²) in [7, 11) is 1.59. The van der Waals surface area contributed by atoms with Crippen LogP contribution < -0.4 is 0 Å². The Morgan fingerprint density at radius 1 is 1.43 bits per heavy atom. The third kappa shape index (κ3) is 3.33. The van der Waals surface area contributed by atoms with Crippen molar-refractivity contribution in [2.75, 3.05) is 20.2 Å². The highest BCUT2D eigenvalue weighted by atomic mass is 16.5. The van der Waals surface area contributed by atoms with Crippen LogP contribution in [-0.4, -0.2) is 56.6 Å². The van der Waals surface area contributed by atoms with Crippen molar-refractivity contribution in [1.82, 2.24) is 24.5 Å². The highest BCUT2D eigenvalue weighted by Gasteiger charge is 2.19. The van der Waals surface area contributed by atoms with Gasteiger partial charge in [-0.05, 0) is 19.9 Å². The van der Waals surface area contributed by atoms with Gasteiger partial charge in [0.1, 0.15) is 0 Å². The SMILES string of the molecule is CCOC(=O)CCN(C)C(=O)c1nc2nccc(C)n2n1. The molecular formula is C13H17N5O3. The summed E-state index contributed by atoms with van der Waals surface area (Å²) in [6, 6.07) is 1.78. The van der Waals surface area contributed by atoms with Crippen molar-refractivity contribution >= 4 is 17.7 Å². The molecule has 2 aromatic heterocycles. The van der Waals surface area contributed by atoms with E-state index in [0.29, 0.717) is 12.4 Å². The maximum Gasteiger partial charge on any atom is 0.307 e. The van der Waals surface area contributed by atoms with E-state index < -0.39 is 0 Å². The van der Waals surface area contributed by atoms with Crippen molar-refractivity contribution in [2.24, 2.45) is 0 Å². The van der Waals surface area contributed by atoms with Crippen LogP contribution in [0.3, 0.4) is 0 Å². The van der Waals surface area contributed by atoms with Crippen LogP contribution >= 0.6 is 0 Å². The van der Waals surface area contributed by atoms with Gasteiger partial charge in [-0.25, -0.2) is 9.50 Å². The highest BCUT2D eigenvalue weighted by molar-refractivity contribution is 5.90. The van der Waals surface area contributed by atoms with Gasteiger partial charge in [-0.15, -0.1) is 5.10 Å². The molecule has 0 saturated heterocycles. The van der Waals surface area contributed by atoms with Gasteiger partial charge in [-0.3, -0.25) is 9.59 Å². The van der Waals surface area contributed by atoms with E-state index in [-0.39, 0.29) is 30.7 Å². The highest BCUT2D eigenvalue weighted by Crippen LogP contribution is 2.04. The van der Waals surface area contributed by atoms with Gasteiger partial charge < -0.3 is 9.64 Å². The lowest BCUT2D eigenvalue weighted by Gasteiger charge is -2.14. The summed E-state index contributed by atoms with van der Waals surface area (Å²) in [5, 5.41) is 4.13. The number of hydrogen-bond acceptors (Lipinski definition) is 6. The summed E-state index contributed by atoms with van der Waals surface area (Å²) >= 11 is 0. The van der Waals surface area contributed by atoms with E-state index in [1.165, 1.54) is 9.42 Å². The van der Waals surface area contributed by atoms with Gasteiger partial charge in [0.05, 0.1) is 13.0 Å². The molecule has 0 aromatic carbocycles. The van der Waals surface area contributed by atoms with Crippen molar-refractivity contribution in [3.05, 3.63) is 23.8 Å². The molecule has 0 spiro atoms. The fraction of sp³-hybridized carbons (Fsp3) is 0.462. The van der Waals surface area contributed by atoms with E-state index in [1.54, 1.807) is 26.2 Å². The Kier molecular flexibility index (Phi) is 4.46. The number of fused-ring (bicyclic) bond motifs is 1. The molecule has 0 fully saturated rings. The van der Waals surface area contributed by atoms with E-state index in [4.69, 9.17) is 4.74 Å². The van der Waals surface area contributed by atoms with Crippen LogP contribution in [0.2, 0.25) is 0 Å². The van der Waals surface area contributed by atoms with Crippen molar-refractivity contribution in [2.45, 2.75) is 20.3 Å². The molecule has 0 radical (unpaired) electrons. The average molecular weight is 291 g/mol. The molecule has 21 heavy (non-hydrogen) atoms. The van der Waals surface area contributed by atoms with Crippen molar-refractivity contribution < 1.29 is 14.3 Å². The Bertz CT molecular complexity index is 667. The van der Waals surface area contributed by atoms with Crippen molar-refractivity contribution in [3.63, 3.8) is 0 Å². The second-order valence-electron chi connectivity index (χ2n) is 4.52. The molecular weight excluding hydrogens is 274 g/mol. The molecule has 0 aliphatic rings. The minimum atomic E-state index is -0.357. The molecule has 0 N–H and O–H groups in total. The quantitative estimate of drug-likeness (QED) is 0.743. The lowest BCUT2D eigenvalue weighted by molar-refractivity contribution is -0.143. The Balaban J connectivity index is 2.07. The summed E-state index contributed by atoms with van der Waals surface area (Å²) < 4.78 is 6.33. The van der Waals surface area contributed by atoms with Gasteiger partial charge in [0.15, 0.2) is 0 Å². The molecule has 112 valence electrons. The van der Waals surface area contributed by atoms with Crippen molar-refractivity contribution in [1.29, 1.82) is 0 Å². The van der Waals surface area contributed by atoms with Gasteiger partial charge in [-0.1, -0.05) is 0 Å². The van der Waals surface area contributed by atoms with Crippen molar-refractivity contribution in [3.8, 4) is 0 Å². The maximum atomic E-state index is 12.2. The molecule has 2 aromatic rings. The van der Waals surface area contributed by atoms with Crippen LogP contribution in [0, 0.1) is 6.92 Å². The first-order valence-corrected chi connectivity index (χ1v) is 6.62. The Hall–Kier alpha value is -2.51. The molecule has 2 rings (SSSR count). The number of amides is 1. The second kappa shape index (κ2) is 6.29. The lowest BCUT2D eigenvalue weighted by atomic mass is 10.4. The molecule has 1 amide bonds. The number of aryl methyl sites for hydroxylation is 1. The normalized spacial score (nSPS) is 10.6. The number of hydrogen-bond donors (Lipinski definition) is 0. The third-order valence-electron chi connectivity index (χ3n) is 2.92. The maximum absolute atomic E-state index is 12.2. The fourth-order valence-corrected chi connectivity index (χ4v) is 1.76. The molecule has 2 heterocycles. The number of aromatic nitrogens is 4. The number of carbonyl (C=O) groups is 2. The monoisotopic (exact) mass is 291 g/mol. The first-order chi connectivity index (χ1) is 10.0. The number of rotatable bonds is 5. The molecule has 0 bridgehead atoms. The molecule has 0 aliphatic carbocycles. The molecule has 8 heteroatoms. The Labute approximate surface area is 121 Å². The van der Waals surface area contributed by atoms with Gasteiger partial charge in [0, 0.05) is 25.5 Å². The zero-order valence-corrected chi connectivity index (χ0v) is 12.2. The zero-order valence-electron chi connectivity index (χ0n) is 12.2. The fourth-order valence-electron chi connectivity index (χ4n) is 1.76. The average Bonchev–Trinajstić information content (AvgIpc) is 2.90. The summed E-state index contributed by atoms with van der Waals surface area (Å²) in [6.45, 7) is 4.17. The molecule has 0 unspecified atom stereocenters. The van der Waals surface area contributed by atoms with Crippen LogP contribution in [0.5, 0.6) is 0 Å². The first-order valence-electron chi connectivity index (χ1n) is 6.62. The van der Waals surface area contributed by atoms with Crippen LogP contribution in [0.15, 0.2) is 12.3 Å². The van der Waals surface area contributed by atoms with E-state index in [9.17, 15) is 9.59 Å². The minimum absolute atomic E-state index is 0.0585. The van der Waals surface area contributed by atoms with E-state index >= 15 is 0 Å². The largest absolute Gasteiger partial charge is 0.466 e. The Morgan fingerprint density at radius 2 is 2.19 bits per heavy atom. The summed E-state index contributed by atoms with van der Waals surface area (Å²) in [6.07, 6.45) is 1.75. The minimum Gasteiger partial charge on any atom is -0.466 e. The number of carbonyl (C=O) groups excluding carboxylic acids is 2. The molecule has 8 nitrogen and oxygen atoms in total. The number of esters is 1. The van der Waals surface area contributed by atoms with E-state index in [2.05, 4.69) is 15.1 Å². The summed E-state index contributed by atoms with van der Waals surface area (Å²) in [5.74, 6) is -0.262. The van der Waals surface area contributed by atoms with E-state index in [0.717, 1.165) is 5.69 Å². The molecule has 0 atom stereocenters. The third-order valence-corrected chi connectivity index (χ3v) is 2.92. The predicted molar refractivity (Wildman–Crippen MR) is 73.7 cm³/mol. The van der Waals surface area contributed by atoms with Crippen LogP contribution in [0.4, 0.5) is 0 Å². The lowest BCUT2D eigenvalue weighted by Crippen LogP contribution is -2.30. The van der Waals surface area contributed by atoms with Crippen LogP contribution in [0.1, 0.15) is 29.7 Å². The smallest absolute Gasteiger partial charge is 0.307 e. The van der Waals surface area contributed by atoms with Crippen LogP contribution in [0.25, 0.3) is 5.78 Å². The van der Waals surface area contributed by atoms with Crippen LogP contribution in [-0.2, 0) is 9.53 Å². The standard InChI is InChI=1S/C13H17N5O3/c1-4-21-10(19)6-8-17(3)12(20)11-15-13-14-7-5-9(2)18(13)16-11/h5,7H,4,6,8H2,1-3H3. The van der Waals surface area contributed by atoms with Gasteiger partial charge in [0.2, 0.25) is 5.82 Å². The molecule has 0 saturated carbocycles. The zero-order chi connectivity index (χ0) is 15.4. The van der Waals surface area contributed by atoms with Gasteiger partial charge in [0.25, 0.3) is 11.7 Å². The first kappa shape index (κ1) is 14.9. The van der Waals surface area contributed by atoms with Gasteiger partial charge in [-0.2, -0.15) is 4.98 Å². The summed E-state index contributed by atoms with van der Waals surface area (Å²) in [5.41, 5.74) is 0.834. The Morgan fingerprint density at radius 3 is 2.86 bits per heavy atom. The summed E-state index contributed by atoms with van der Waals surface area (Å²) in [4.78, 5) is 33.0.